The van der Waals surface area contributed by atoms with Gasteiger partial charge in [-0.1, -0.05) is 24.3 Å². The Morgan fingerprint density at radius 1 is 1.21 bits per heavy atom. The molecular formula is C18H31IN4O. The molecule has 0 saturated carbocycles. The predicted octanol–water partition coefficient (Wildman–Crippen LogP) is 2.50. The standard InChI is InChI=1S/C18H30N4O.HI/c1-15-13-22(9-10-23-15)14-17-8-6-7-16(11-17)12-19-18(20(2)3)21(4)5;/h6-8,11,15H,9-10,12-14H2,1-5H3;1H. The maximum absolute atomic E-state index is 5.61. The molecule has 0 aromatic heterocycles. The van der Waals surface area contributed by atoms with Gasteiger partial charge < -0.3 is 14.5 Å². The number of hydrogen-bond acceptors (Lipinski definition) is 3. The van der Waals surface area contributed by atoms with Crippen LogP contribution in [0.3, 0.4) is 0 Å². The third-order valence-corrected chi connectivity index (χ3v) is 3.93. The summed E-state index contributed by atoms with van der Waals surface area (Å²) < 4.78 is 5.61. The van der Waals surface area contributed by atoms with E-state index in [1.807, 2.05) is 38.0 Å². The van der Waals surface area contributed by atoms with E-state index in [2.05, 4.69) is 36.1 Å². The van der Waals surface area contributed by atoms with Gasteiger partial charge in [0, 0.05) is 47.8 Å². The molecule has 24 heavy (non-hydrogen) atoms. The number of rotatable bonds is 4. The second-order valence-corrected chi connectivity index (χ2v) is 6.64. The summed E-state index contributed by atoms with van der Waals surface area (Å²) in [5.74, 6) is 0.984. The van der Waals surface area contributed by atoms with E-state index in [-0.39, 0.29) is 24.0 Å². The van der Waals surface area contributed by atoms with Gasteiger partial charge in [0.05, 0.1) is 19.3 Å². The van der Waals surface area contributed by atoms with Crippen molar-refractivity contribution in [2.45, 2.75) is 26.1 Å². The molecule has 2 rings (SSSR count). The topological polar surface area (TPSA) is 31.3 Å². The van der Waals surface area contributed by atoms with E-state index in [1.165, 1.54) is 11.1 Å². The van der Waals surface area contributed by atoms with Crippen molar-refractivity contribution in [3.8, 4) is 0 Å². The highest BCUT2D eigenvalue weighted by atomic mass is 127. The minimum absolute atomic E-state index is 0. The van der Waals surface area contributed by atoms with Gasteiger partial charge >= 0.3 is 0 Å². The van der Waals surface area contributed by atoms with Crippen LogP contribution in [0.25, 0.3) is 0 Å². The molecule has 1 aromatic rings. The molecular weight excluding hydrogens is 415 g/mol. The number of benzene rings is 1. The Hall–Kier alpha value is -0.860. The Kier molecular flexibility index (Phi) is 9.01. The molecule has 1 fully saturated rings. The van der Waals surface area contributed by atoms with Crippen LogP contribution in [0.15, 0.2) is 29.3 Å². The van der Waals surface area contributed by atoms with Crippen molar-refractivity contribution in [3.63, 3.8) is 0 Å². The summed E-state index contributed by atoms with van der Waals surface area (Å²) in [6.45, 7) is 6.69. The van der Waals surface area contributed by atoms with E-state index < -0.39 is 0 Å². The molecule has 0 bridgehead atoms. The van der Waals surface area contributed by atoms with Gasteiger partial charge in [0.25, 0.3) is 0 Å². The third-order valence-electron chi connectivity index (χ3n) is 3.93. The molecule has 0 radical (unpaired) electrons. The van der Waals surface area contributed by atoms with E-state index >= 15 is 0 Å². The van der Waals surface area contributed by atoms with Crippen LogP contribution < -0.4 is 0 Å². The summed E-state index contributed by atoms with van der Waals surface area (Å²) in [5.41, 5.74) is 2.60. The van der Waals surface area contributed by atoms with Crippen molar-refractivity contribution in [3.05, 3.63) is 35.4 Å². The molecule has 1 unspecified atom stereocenters. The monoisotopic (exact) mass is 446 g/mol. The van der Waals surface area contributed by atoms with Crippen LogP contribution in [-0.2, 0) is 17.8 Å². The number of halogens is 1. The van der Waals surface area contributed by atoms with E-state index in [1.54, 1.807) is 0 Å². The summed E-state index contributed by atoms with van der Waals surface area (Å²) in [7, 11) is 8.09. The average Bonchev–Trinajstić information content (AvgIpc) is 2.47. The quantitative estimate of drug-likeness (QED) is 0.404. The molecule has 0 aliphatic carbocycles. The maximum Gasteiger partial charge on any atom is 0.195 e. The van der Waals surface area contributed by atoms with Gasteiger partial charge in [-0.15, -0.1) is 24.0 Å². The van der Waals surface area contributed by atoms with Gasteiger partial charge in [-0.25, -0.2) is 4.99 Å². The molecule has 5 nitrogen and oxygen atoms in total. The Balaban J connectivity index is 0.00000288. The van der Waals surface area contributed by atoms with Crippen LogP contribution in [0.2, 0.25) is 0 Å². The lowest BCUT2D eigenvalue weighted by molar-refractivity contribution is -0.0212. The molecule has 1 aliphatic heterocycles. The summed E-state index contributed by atoms with van der Waals surface area (Å²) in [4.78, 5) is 11.3. The van der Waals surface area contributed by atoms with E-state index in [0.717, 1.165) is 32.2 Å². The van der Waals surface area contributed by atoms with E-state index in [0.29, 0.717) is 12.6 Å². The van der Waals surface area contributed by atoms with Crippen molar-refractivity contribution >= 4 is 29.9 Å². The molecule has 0 N–H and O–H groups in total. The Morgan fingerprint density at radius 2 is 1.88 bits per heavy atom. The minimum atomic E-state index is 0. The van der Waals surface area contributed by atoms with Gasteiger partial charge in [-0.3, -0.25) is 4.90 Å². The van der Waals surface area contributed by atoms with Crippen LogP contribution >= 0.6 is 24.0 Å². The van der Waals surface area contributed by atoms with Crippen LogP contribution in [-0.4, -0.2) is 74.7 Å². The molecule has 1 heterocycles. The maximum atomic E-state index is 5.61. The number of nitrogens with zero attached hydrogens (tertiary/aromatic N) is 4. The lowest BCUT2D eigenvalue weighted by Crippen LogP contribution is -2.40. The van der Waals surface area contributed by atoms with Crippen LogP contribution in [0, 0.1) is 0 Å². The van der Waals surface area contributed by atoms with Gasteiger partial charge in [0.2, 0.25) is 0 Å². The molecule has 1 atom stereocenters. The fourth-order valence-corrected chi connectivity index (χ4v) is 2.96. The number of aliphatic imine (C=N–C) groups is 1. The number of morpholine rings is 1. The first-order valence-electron chi connectivity index (χ1n) is 8.26. The first-order chi connectivity index (χ1) is 11.0. The van der Waals surface area contributed by atoms with Crippen LogP contribution in [0.4, 0.5) is 0 Å². The van der Waals surface area contributed by atoms with Crippen LogP contribution in [0.5, 0.6) is 0 Å². The molecule has 0 spiro atoms. The third kappa shape index (κ3) is 6.57. The number of hydrogen-bond donors (Lipinski definition) is 0. The first-order valence-corrected chi connectivity index (χ1v) is 8.26. The Bertz CT molecular complexity index is 524. The minimum Gasteiger partial charge on any atom is -0.376 e. The lowest BCUT2D eigenvalue weighted by Gasteiger charge is -2.31. The average molecular weight is 446 g/mol. The number of guanidine groups is 1. The zero-order valence-corrected chi connectivity index (χ0v) is 17.9. The molecule has 136 valence electrons. The highest BCUT2D eigenvalue weighted by molar-refractivity contribution is 14.0. The van der Waals surface area contributed by atoms with Gasteiger partial charge in [0.15, 0.2) is 5.96 Å². The summed E-state index contributed by atoms with van der Waals surface area (Å²) in [6.07, 6.45) is 0.333. The van der Waals surface area contributed by atoms with E-state index in [9.17, 15) is 0 Å². The first kappa shape index (κ1) is 21.2. The zero-order valence-electron chi connectivity index (χ0n) is 15.5. The summed E-state index contributed by atoms with van der Waals surface area (Å²) >= 11 is 0. The fraction of sp³-hybridized carbons (Fsp3) is 0.611. The molecule has 6 heteroatoms. The predicted molar refractivity (Wildman–Crippen MR) is 111 cm³/mol. The molecule has 1 saturated heterocycles. The van der Waals surface area contributed by atoms with Crippen molar-refractivity contribution in [1.29, 1.82) is 0 Å². The SMILES string of the molecule is CC1CN(Cc2cccc(CN=C(N(C)C)N(C)C)c2)CCO1.I. The van der Waals surface area contributed by atoms with E-state index in [4.69, 9.17) is 9.73 Å². The molecule has 1 aliphatic rings. The van der Waals surface area contributed by atoms with Gasteiger partial charge in [-0.05, 0) is 18.1 Å². The molecule has 0 amide bonds. The molecule has 1 aromatic carbocycles. The smallest absolute Gasteiger partial charge is 0.195 e. The largest absolute Gasteiger partial charge is 0.376 e. The highest BCUT2D eigenvalue weighted by Crippen LogP contribution is 2.13. The van der Waals surface area contributed by atoms with Crippen molar-refractivity contribution in [1.82, 2.24) is 14.7 Å². The Labute approximate surface area is 163 Å². The van der Waals surface area contributed by atoms with Crippen molar-refractivity contribution in [2.75, 3.05) is 47.9 Å². The van der Waals surface area contributed by atoms with Gasteiger partial charge in [0.1, 0.15) is 0 Å². The van der Waals surface area contributed by atoms with Crippen molar-refractivity contribution < 1.29 is 4.74 Å². The highest BCUT2D eigenvalue weighted by Gasteiger charge is 2.16. The Morgan fingerprint density at radius 3 is 2.50 bits per heavy atom. The lowest BCUT2D eigenvalue weighted by atomic mass is 10.1. The summed E-state index contributed by atoms with van der Waals surface area (Å²) in [6, 6.07) is 8.76. The normalized spacial score (nSPS) is 17.8. The second-order valence-electron chi connectivity index (χ2n) is 6.64. The second kappa shape index (κ2) is 10.2. The number of ether oxygens (including phenoxy) is 1. The van der Waals surface area contributed by atoms with Crippen LogP contribution in [0.1, 0.15) is 18.1 Å². The summed E-state index contributed by atoms with van der Waals surface area (Å²) in [5, 5.41) is 0. The van der Waals surface area contributed by atoms with Crippen molar-refractivity contribution in [2.24, 2.45) is 4.99 Å². The van der Waals surface area contributed by atoms with Gasteiger partial charge in [-0.2, -0.15) is 0 Å². The fourth-order valence-electron chi connectivity index (χ4n) is 2.96. The zero-order chi connectivity index (χ0) is 16.8.